The summed E-state index contributed by atoms with van der Waals surface area (Å²) in [6.07, 6.45) is 2.05. The molecule has 5 rings (SSSR count). The average molecular weight is 499 g/mol. The van der Waals surface area contributed by atoms with Crippen molar-refractivity contribution in [3.05, 3.63) is 164 Å². The van der Waals surface area contributed by atoms with Crippen LogP contribution in [0.25, 0.3) is 0 Å². The number of hydrogen-bond donors (Lipinski definition) is 0. The van der Waals surface area contributed by atoms with Crippen LogP contribution in [0.3, 0.4) is 0 Å². The third-order valence-electron chi connectivity index (χ3n) is 6.78. The Morgan fingerprint density at radius 3 is 1.00 bits per heavy atom. The Morgan fingerprint density at radius 1 is 0.444 bits per heavy atom. The molecule has 0 aliphatic heterocycles. The van der Waals surface area contributed by atoms with Crippen LogP contribution in [-0.4, -0.2) is 16.6 Å². The van der Waals surface area contributed by atoms with Crippen molar-refractivity contribution in [2.45, 2.75) is 6.04 Å². The first-order chi connectivity index (χ1) is 17.8. The van der Waals surface area contributed by atoms with E-state index in [1.165, 1.54) is 25.9 Å². The molecule has 3 heteroatoms. The summed E-state index contributed by atoms with van der Waals surface area (Å²) in [5.41, 5.74) is 0. The second-order valence-electron chi connectivity index (χ2n) is 8.93. The lowest BCUT2D eigenvalue weighted by Gasteiger charge is -2.43. The van der Waals surface area contributed by atoms with Crippen molar-refractivity contribution in [3.63, 3.8) is 0 Å². The van der Waals surface area contributed by atoms with Gasteiger partial charge in [0, 0.05) is 0 Å². The summed E-state index contributed by atoms with van der Waals surface area (Å²) in [5, 5.41) is 6.26. The van der Waals surface area contributed by atoms with Gasteiger partial charge in [-0.15, -0.1) is 6.58 Å². The van der Waals surface area contributed by atoms with Gasteiger partial charge in [0.15, 0.2) is 0 Å². The van der Waals surface area contributed by atoms with Crippen LogP contribution >= 0.6 is 0 Å². The molecule has 0 aliphatic carbocycles. The third kappa shape index (κ3) is 4.45. The first-order valence-electron chi connectivity index (χ1n) is 12.4. The van der Waals surface area contributed by atoms with E-state index in [4.69, 9.17) is 4.12 Å². The maximum Gasteiger partial charge on any atom is 0.278 e. The largest absolute Gasteiger partial charge is 0.438 e. The highest BCUT2D eigenvalue weighted by Gasteiger charge is 2.51. The maximum absolute atomic E-state index is 8.00. The zero-order chi connectivity index (χ0) is 24.7. The fourth-order valence-corrected chi connectivity index (χ4v) is 15.6. The Labute approximate surface area is 216 Å². The van der Waals surface area contributed by atoms with Crippen molar-refractivity contribution in [1.82, 2.24) is 0 Å². The number of hydrogen-bond acceptors (Lipinski definition) is 1. The second kappa shape index (κ2) is 10.9. The molecule has 176 valence electrons. The van der Waals surface area contributed by atoms with Crippen LogP contribution in [-0.2, 0) is 4.12 Å². The Bertz CT molecular complexity index is 1240. The van der Waals surface area contributed by atoms with Crippen LogP contribution in [0.1, 0.15) is 0 Å². The Hall–Kier alpha value is -3.77. The molecule has 0 spiro atoms. The van der Waals surface area contributed by atoms with Gasteiger partial charge in [0.05, 0.1) is 0 Å². The van der Waals surface area contributed by atoms with Crippen molar-refractivity contribution < 1.29 is 4.12 Å². The molecule has 0 heterocycles. The SMILES string of the molecule is C=CC[Si](O[Si](c1ccccc1)(c1ccccc1)c1ccccc1)(c1ccccc1)c1ccccc1. The van der Waals surface area contributed by atoms with Gasteiger partial charge in [-0.2, -0.15) is 0 Å². The van der Waals surface area contributed by atoms with Gasteiger partial charge in [-0.05, 0) is 32.0 Å². The molecule has 0 bridgehead atoms. The lowest BCUT2D eigenvalue weighted by atomic mass is 10.3. The predicted molar refractivity (Wildman–Crippen MR) is 158 cm³/mol. The molecule has 0 saturated carbocycles. The minimum Gasteiger partial charge on any atom is -0.438 e. The average Bonchev–Trinajstić information content (AvgIpc) is 2.98. The van der Waals surface area contributed by atoms with Gasteiger partial charge < -0.3 is 4.12 Å². The van der Waals surface area contributed by atoms with E-state index < -0.39 is 16.6 Å². The highest BCUT2D eigenvalue weighted by molar-refractivity contribution is 7.14. The summed E-state index contributed by atoms with van der Waals surface area (Å²) in [5.74, 6) is 0. The van der Waals surface area contributed by atoms with Crippen molar-refractivity contribution in [2.24, 2.45) is 0 Å². The van der Waals surface area contributed by atoms with E-state index >= 15 is 0 Å². The number of allylic oxidation sites excluding steroid dienone is 1. The fourth-order valence-electron chi connectivity index (χ4n) is 5.14. The van der Waals surface area contributed by atoms with Gasteiger partial charge in [0.25, 0.3) is 8.32 Å². The molecule has 0 atom stereocenters. The summed E-state index contributed by atoms with van der Waals surface area (Å²) in [6.45, 7) is 4.21. The zero-order valence-electron chi connectivity index (χ0n) is 20.3. The molecule has 0 N–H and O–H groups in total. The lowest BCUT2D eigenvalue weighted by Crippen LogP contribution is -2.77. The molecule has 0 radical (unpaired) electrons. The molecular formula is C33H30OSi2. The second-order valence-corrected chi connectivity index (χ2v) is 16.1. The van der Waals surface area contributed by atoms with Crippen molar-refractivity contribution >= 4 is 42.6 Å². The van der Waals surface area contributed by atoms with E-state index in [1.54, 1.807) is 0 Å². The molecule has 0 amide bonds. The minimum atomic E-state index is -2.95. The smallest absolute Gasteiger partial charge is 0.278 e. The first kappa shape index (κ1) is 24.0. The van der Waals surface area contributed by atoms with Gasteiger partial charge in [-0.25, -0.2) is 0 Å². The minimum absolute atomic E-state index is 0.780. The van der Waals surface area contributed by atoms with Crippen LogP contribution in [0.5, 0.6) is 0 Å². The molecule has 0 unspecified atom stereocenters. The summed E-state index contributed by atoms with van der Waals surface area (Å²) in [4.78, 5) is 0. The van der Waals surface area contributed by atoms with Crippen LogP contribution < -0.4 is 25.9 Å². The zero-order valence-corrected chi connectivity index (χ0v) is 22.3. The van der Waals surface area contributed by atoms with E-state index in [9.17, 15) is 0 Å². The van der Waals surface area contributed by atoms with Gasteiger partial charge in [-0.3, -0.25) is 0 Å². The molecule has 0 saturated heterocycles. The summed E-state index contributed by atoms with van der Waals surface area (Å²) >= 11 is 0. The van der Waals surface area contributed by atoms with E-state index in [2.05, 4.69) is 158 Å². The highest BCUT2D eigenvalue weighted by atomic mass is 28.4. The number of benzene rings is 5. The van der Waals surface area contributed by atoms with Crippen LogP contribution in [0.15, 0.2) is 164 Å². The molecule has 5 aromatic carbocycles. The summed E-state index contributed by atoms with van der Waals surface area (Å²) < 4.78 is 8.00. The molecule has 1 nitrogen and oxygen atoms in total. The molecule has 0 aromatic heterocycles. The summed E-state index contributed by atoms with van der Waals surface area (Å²) in [7, 11) is -5.74. The van der Waals surface area contributed by atoms with Gasteiger partial charge in [0.1, 0.15) is 0 Å². The van der Waals surface area contributed by atoms with E-state index in [-0.39, 0.29) is 0 Å². The molecule has 0 aliphatic rings. The lowest BCUT2D eigenvalue weighted by molar-refractivity contribution is 0.588. The monoisotopic (exact) mass is 498 g/mol. The van der Waals surface area contributed by atoms with Gasteiger partial charge in [0.2, 0.25) is 8.32 Å². The van der Waals surface area contributed by atoms with E-state index in [0.717, 1.165) is 6.04 Å². The van der Waals surface area contributed by atoms with Crippen LogP contribution in [0.4, 0.5) is 0 Å². The topological polar surface area (TPSA) is 9.23 Å². The quantitative estimate of drug-likeness (QED) is 0.164. The predicted octanol–water partition coefficient (Wildman–Crippen LogP) is 4.62. The Balaban J connectivity index is 1.88. The van der Waals surface area contributed by atoms with Crippen LogP contribution in [0.2, 0.25) is 6.04 Å². The maximum atomic E-state index is 8.00. The van der Waals surface area contributed by atoms with Gasteiger partial charge >= 0.3 is 0 Å². The van der Waals surface area contributed by atoms with E-state index in [0.29, 0.717) is 0 Å². The van der Waals surface area contributed by atoms with Crippen molar-refractivity contribution in [3.8, 4) is 0 Å². The third-order valence-corrected chi connectivity index (χ3v) is 16.2. The molecule has 36 heavy (non-hydrogen) atoms. The standard InChI is InChI=1S/C33H30OSi2/c1-2-28-35(29-18-8-3-9-19-29,30-20-10-4-11-21-30)34-36(31-22-12-5-13-23-31,32-24-14-6-15-25-32)33-26-16-7-17-27-33/h2-27H,1,28H2. The molecular weight excluding hydrogens is 469 g/mol. The molecule has 5 aromatic rings. The Morgan fingerprint density at radius 2 is 0.722 bits per heavy atom. The summed E-state index contributed by atoms with van der Waals surface area (Å²) in [6, 6.07) is 54.9. The van der Waals surface area contributed by atoms with Crippen molar-refractivity contribution in [2.75, 3.05) is 0 Å². The van der Waals surface area contributed by atoms with E-state index in [1.807, 2.05) is 6.08 Å². The Kier molecular flexibility index (Phi) is 7.24. The highest BCUT2D eigenvalue weighted by Crippen LogP contribution is 2.21. The normalized spacial score (nSPS) is 11.7. The fraction of sp³-hybridized carbons (Fsp3) is 0.0303. The van der Waals surface area contributed by atoms with Gasteiger partial charge in [-0.1, -0.05) is 158 Å². The van der Waals surface area contributed by atoms with Crippen LogP contribution in [0, 0.1) is 0 Å². The van der Waals surface area contributed by atoms with Crippen molar-refractivity contribution in [1.29, 1.82) is 0 Å². The first-order valence-corrected chi connectivity index (χ1v) is 16.4. The number of rotatable bonds is 9. The molecule has 0 fully saturated rings.